The van der Waals surface area contributed by atoms with E-state index in [4.69, 9.17) is 10.5 Å². The Kier molecular flexibility index (Phi) is 12.4. The van der Waals surface area contributed by atoms with Crippen molar-refractivity contribution in [3.63, 3.8) is 0 Å². The van der Waals surface area contributed by atoms with Crippen molar-refractivity contribution < 1.29 is 48.5 Å². The number of hydrogen-bond donors (Lipinski definition) is 6. The van der Waals surface area contributed by atoms with Crippen LogP contribution in [-0.2, 0) is 28.7 Å². The number of Topliss-reactive ketones (excluding diaryl/α,β-unsaturated/α-hetero) is 1. The van der Waals surface area contributed by atoms with Crippen molar-refractivity contribution in [2.45, 2.75) is 58.2 Å². The maximum Gasteiger partial charge on any atom is 0.339 e. The predicted molar refractivity (Wildman–Crippen MR) is 152 cm³/mol. The topological polar surface area (TPSA) is 231 Å². The number of rotatable bonds is 15. The molecule has 0 radical (unpaired) electrons. The average molecular weight is 599 g/mol. The van der Waals surface area contributed by atoms with Crippen LogP contribution in [0.2, 0.25) is 0 Å². The molecule has 2 rings (SSSR count). The van der Waals surface area contributed by atoms with Gasteiger partial charge in [-0.3, -0.25) is 28.8 Å². The van der Waals surface area contributed by atoms with E-state index in [0.29, 0.717) is 11.1 Å². The molecule has 230 valence electrons. The Hall–Kier alpha value is -5.27. The number of carbonyl (C=O) groups is 7. The molecule has 1 unspecified atom stereocenters. The number of para-hydroxylation sites is 1. The molecule has 14 nitrogen and oxygen atoms in total. The van der Waals surface area contributed by atoms with Gasteiger partial charge in [-0.15, -0.1) is 0 Å². The Morgan fingerprint density at radius 1 is 0.767 bits per heavy atom. The summed E-state index contributed by atoms with van der Waals surface area (Å²) in [5, 5.41) is 25.4. The Morgan fingerprint density at radius 3 is 1.86 bits per heavy atom. The summed E-state index contributed by atoms with van der Waals surface area (Å²) in [4.78, 5) is 86.7. The number of carbonyl (C=O) groups excluding carboxylic acids is 5. The summed E-state index contributed by atoms with van der Waals surface area (Å²) in [6.07, 6.45) is -1.72. The lowest BCUT2D eigenvalue weighted by atomic mass is 10.0. The number of carboxylic acids is 2. The number of benzene rings is 2. The molecule has 0 spiro atoms. The van der Waals surface area contributed by atoms with Crippen molar-refractivity contribution in [2.75, 3.05) is 12.3 Å². The van der Waals surface area contributed by atoms with Crippen LogP contribution in [0.15, 0.2) is 42.5 Å². The number of ketones is 1. The van der Waals surface area contributed by atoms with E-state index in [1.54, 1.807) is 38.1 Å². The standard InChI is InChI=1S/C29H34N4O10/c1-4-19(31-28(41)21(13-24(37)38)33-26(39)17-10-5-6-11-18(17)30)27(40)32-20(12-23(35)36)22(34)14-43-29(42)25-15(2)8-7-9-16(25)3/h5-11,19-21H,4,12-14,30H2,1-3H3,(H,31,41)(H,32,40)(H,33,39)(H,35,36)(H,37,38)/t19-,20-,21?/m0/s1. The third kappa shape index (κ3) is 9.95. The summed E-state index contributed by atoms with van der Waals surface area (Å²) in [5.41, 5.74) is 7.34. The SMILES string of the molecule is CC[C@H](NC(=O)C(CC(=O)O)NC(=O)c1ccccc1N)C(=O)N[C@@H](CC(=O)O)C(=O)COC(=O)c1c(C)cccc1C. The molecule has 0 aromatic heterocycles. The number of amides is 3. The number of esters is 1. The maximum absolute atomic E-state index is 13.0. The highest BCUT2D eigenvalue weighted by molar-refractivity contribution is 6.03. The molecule has 14 heteroatoms. The molecule has 0 aliphatic heterocycles. The summed E-state index contributed by atoms with van der Waals surface area (Å²) in [5.74, 6) is -7.35. The Bertz CT molecular complexity index is 1390. The summed E-state index contributed by atoms with van der Waals surface area (Å²) in [6.45, 7) is 4.03. The largest absolute Gasteiger partial charge is 0.481 e. The van der Waals surface area contributed by atoms with E-state index in [1.807, 2.05) is 0 Å². The molecule has 0 saturated heterocycles. The average Bonchev–Trinajstić information content (AvgIpc) is 2.93. The number of hydrogen-bond acceptors (Lipinski definition) is 9. The highest BCUT2D eigenvalue weighted by Crippen LogP contribution is 2.15. The molecule has 3 atom stereocenters. The maximum atomic E-state index is 13.0. The van der Waals surface area contributed by atoms with Crippen LogP contribution in [0.1, 0.15) is 58.0 Å². The number of aliphatic carboxylic acids is 2. The zero-order valence-electron chi connectivity index (χ0n) is 23.8. The van der Waals surface area contributed by atoms with E-state index < -0.39 is 79.0 Å². The molecule has 2 aromatic carbocycles. The van der Waals surface area contributed by atoms with Crippen molar-refractivity contribution in [2.24, 2.45) is 0 Å². The van der Waals surface area contributed by atoms with E-state index >= 15 is 0 Å². The molecule has 0 saturated carbocycles. The fourth-order valence-electron chi connectivity index (χ4n) is 4.09. The molecular formula is C29H34N4O10. The number of nitrogen functional groups attached to an aromatic ring is 1. The van der Waals surface area contributed by atoms with Crippen LogP contribution in [0.25, 0.3) is 0 Å². The van der Waals surface area contributed by atoms with Gasteiger partial charge < -0.3 is 36.6 Å². The second-order valence-corrected chi connectivity index (χ2v) is 9.65. The Balaban J connectivity index is 2.12. The van der Waals surface area contributed by atoms with Gasteiger partial charge in [0.25, 0.3) is 5.91 Å². The number of ether oxygens (including phenoxy) is 1. The van der Waals surface area contributed by atoms with Gasteiger partial charge in [-0.25, -0.2) is 4.79 Å². The van der Waals surface area contributed by atoms with E-state index in [-0.39, 0.29) is 23.2 Å². The van der Waals surface area contributed by atoms with Crippen LogP contribution >= 0.6 is 0 Å². The van der Waals surface area contributed by atoms with E-state index in [1.165, 1.54) is 25.1 Å². The van der Waals surface area contributed by atoms with Crippen LogP contribution in [0, 0.1) is 13.8 Å². The normalized spacial score (nSPS) is 12.6. The van der Waals surface area contributed by atoms with Crippen molar-refractivity contribution in [1.29, 1.82) is 0 Å². The minimum atomic E-state index is -1.61. The highest BCUT2D eigenvalue weighted by atomic mass is 16.5. The molecule has 3 amide bonds. The first-order valence-corrected chi connectivity index (χ1v) is 13.2. The summed E-state index contributed by atoms with van der Waals surface area (Å²) >= 11 is 0. The van der Waals surface area contributed by atoms with Crippen molar-refractivity contribution >= 4 is 47.1 Å². The minimum Gasteiger partial charge on any atom is -0.481 e. The van der Waals surface area contributed by atoms with Gasteiger partial charge in [-0.2, -0.15) is 0 Å². The molecule has 2 aromatic rings. The smallest absolute Gasteiger partial charge is 0.339 e. The van der Waals surface area contributed by atoms with Gasteiger partial charge in [0, 0.05) is 5.69 Å². The van der Waals surface area contributed by atoms with Gasteiger partial charge in [0.1, 0.15) is 18.1 Å². The molecular weight excluding hydrogens is 564 g/mol. The molecule has 0 heterocycles. The lowest BCUT2D eigenvalue weighted by Gasteiger charge is -2.24. The first kappa shape index (κ1) is 33.9. The minimum absolute atomic E-state index is 0.00350. The van der Waals surface area contributed by atoms with Crippen molar-refractivity contribution in [3.05, 3.63) is 64.7 Å². The fourth-order valence-corrected chi connectivity index (χ4v) is 4.09. The Labute approximate surface area is 247 Å². The second-order valence-electron chi connectivity index (χ2n) is 9.65. The van der Waals surface area contributed by atoms with Crippen molar-refractivity contribution in [1.82, 2.24) is 16.0 Å². The molecule has 0 aliphatic rings. The first-order valence-electron chi connectivity index (χ1n) is 13.2. The van der Waals surface area contributed by atoms with E-state index in [2.05, 4.69) is 16.0 Å². The van der Waals surface area contributed by atoms with Gasteiger partial charge in [-0.1, -0.05) is 37.3 Å². The monoisotopic (exact) mass is 598 g/mol. The second kappa shape index (κ2) is 15.7. The van der Waals surface area contributed by atoms with Gasteiger partial charge in [-0.05, 0) is 43.5 Å². The van der Waals surface area contributed by atoms with E-state index in [0.717, 1.165) is 0 Å². The number of carboxylic acid groups (broad SMARTS) is 2. The zero-order valence-corrected chi connectivity index (χ0v) is 23.8. The summed E-state index contributed by atoms with van der Waals surface area (Å²) in [7, 11) is 0. The summed E-state index contributed by atoms with van der Waals surface area (Å²) in [6, 6.07) is 6.46. The first-order chi connectivity index (χ1) is 20.2. The van der Waals surface area contributed by atoms with Crippen LogP contribution in [0.4, 0.5) is 5.69 Å². The summed E-state index contributed by atoms with van der Waals surface area (Å²) < 4.78 is 5.09. The van der Waals surface area contributed by atoms with Gasteiger partial charge >= 0.3 is 17.9 Å². The number of anilines is 1. The van der Waals surface area contributed by atoms with Gasteiger partial charge in [0.2, 0.25) is 11.8 Å². The highest BCUT2D eigenvalue weighted by Gasteiger charge is 2.31. The lowest BCUT2D eigenvalue weighted by molar-refractivity contribution is -0.141. The van der Waals surface area contributed by atoms with Crippen LogP contribution < -0.4 is 21.7 Å². The van der Waals surface area contributed by atoms with Crippen LogP contribution in [0.3, 0.4) is 0 Å². The quantitative estimate of drug-likeness (QED) is 0.124. The third-order valence-corrected chi connectivity index (χ3v) is 6.36. The number of aryl methyl sites for hydroxylation is 2. The molecule has 0 fully saturated rings. The van der Waals surface area contributed by atoms with Gasteiger partial charge in [0.15, 0.2) is 12.4 Å². The zero-order chi connectivity index (χ0) is 32.3. The number of nitrogens with two attached hydrogens (primary N) is 1. The molecule has 43 heavy (non-hydrogen) atoms. The van der Waals surface area contributed by atoms with Crippen LogP contribution in [-0.4, -0.2) is 76.4 Å². The van der Waals surface area contributed by atoms with E-state index in [9.17, 15) is 43.8 Å². The third-order valence-electron chi connectivity index (χ3n) is 6.36. The fraction of sp³-hybridized carbons (Fsp3) is 0.345. The lowest BCUT2D eigenvalue weighted by Crippen LogP contribution is -2.56. The predicted octanol–water partition coefficient (Wildman–Crippen LogP) is 0.739. The molecule has 0 aliphatic carbocycles. The van der Waals surface area contributed by atoms with Gasteiger partial charge in [0.05, 0.1) is 24.0 Å². The molecule has 0 bridgehead atoms. The number of nitrogens with one attached hydrogen (secondary N) is 3. The Morgan fingerprint density at radius 2 is 1.30 bits per heavy atom. The van der Waals surface area contributed by atoms with Crippen LogP contribution in [0.5, 0.6) is 0 Å². The van der Waals surface area contributed by atoms with Crippen molar-refractivity contribution in [3.8, 4) is 0 Å². The molecule has 7 N–H and O–H groups in total.